The molecule has 0 aromatic carbocycles. The van der Waals surface area contributed by atoms with Gasteiger partial charge in [-0.05, 0) is 13.8 Å². The number of hydrogen-bond donors (Lipinski definition) is 0. The maximum Gasteiger partial charge on any atom is 0.227 e. The number of nitrogens with zero attached hydrogens (tertiary/aromatic N) is 1. The van der Waals surface area contributed by atoms with Gasteiger partial charge in [-0.2, -0.15) is 0 Å². The minimum Gasteiger partial charge on any atom is -0.343 e. The molecule has 0 heterocycles. The van der Waals surface area contributed by atoms with Crippen molar-refractivity contribution in [2.24, 2.45) is 5.41 Å². The highest BCUT2D eigenvalue weighted by Gasteiger charge is 2.25. The molecule has 2 nitrogen and oxygen atoms in total. The predicted molar refractivity (Wildman–Crippen MR) is 47.4 cm³/mol. The van der Waals surface area contributed by atoms with E-state index in [1.54, 1.807) is 4.90 Å². The first kappa shape index (κ1) is 10.5. The van der Waals surface area contributed by atoms with Crippen LogP contribution in [0.15, 0.2) is 0 Å². The summed E-state index contributed by atoms with van der Waals surface area (Å²) in [5.41, 5.74) is -0.251. The van der Waals surface area contributed by atoms with Crippen molar-refractivity contribution < 1.29 is 4.79 Å². The van der Waals surface area contributed by atoms with E-state index >= 15 is 0 Å². The lowest BCUT2D eigenvalue weighted by molar-refractivity contribution is -0.139. The van der Waals surface area contributed by atoms with Crippen LogP contribution in [0.1, 0.15) is 34.6 Å². The second-order valence-corrected chi connectivity index (χ2v) is 4.26. The minimum absolute atomic E-state index is 0.201. The van der Waals surface area contributed by atoms with E-state index in [0.29, 0.717) is 6.04 Å². The van der Waals surface area contributed by atoms with Crippen LogP contribution in [0.2, 0.25) is 0 Å². The Morgan fingerprint density at radius 1 is 1.27 bits per heavy atom. The average Bonchev–Trinajstić information content (AvgIpc) is 1.82. The molecule has 0 unspecified atom stereocenters. The summed E-state index contributed by atoms with van der Waals surface area (Å²) in [5, 5.41) is 0. The summed E-state index contributed by atoms with van der Waals surface area (Å²) >= 11 is 0. The fourth-order valence-corrected chi connectivity index (χ4v) is 0.764. The molecule has 2 heteroatoms. The van der Waals surface area contributed by atoms with Crippen molar-refractivity contribution in [1.82, 2.24) is 4.90 Å². The Balaban J connectivity index is 4.26. The van der Waals surface area contributed by atoms with Crippen LogP contribution < -0.4 is 0 Å². The predicted octanol–water partition coefficient (Wildman–Crippen LogP) is 1.90. The van der Waals surface area contributed by atoms with Crippen LogP contribution in [0.3, 0.4) is 0 Å². The van der Waals surface area contributed by atoms with Crippen molar-refractivity contribution in [3.63, 3.8) is 0 Å². The Labute approximate surface area is 69.6 Å². The molecular weight excluding hydrogens is 138 g/mol. The zero-order valence-electron chi connectivity index (χ0n) is 8.43. The lowest BCUT2D eigenvalue weighted by atomic mass is 9.94. The molecule has 0 fully saturated rings. The van der Waals surface area contributed by atoms with Crippen molar-refractivity contribution in [3.05, 3.63) is 0 Å². The molecule has 0 aromatic rings. The fraction of sp³-hybridized carbons (Fsp3) is 0.889. The molecule has 0 spiro atoms. The molecule has 0 aliphatic heterocycles. The topological polar surface area (TPSA) is 20.3 Å². The summed E-state index contributed by atoms with van der Waals surface area (Å²) in [5.74, 6) is 0.201. The number of carbonyl (C=O) groups is 1. The van der Waals surface area contributed by atoms with E-state index in [0.717, 1.165) is 0 Å². The standard InChI is InChI=1S/C9H19NO/c1-7(2)10(6)8(11)9(3,4)5/h7H,1-6H3. The highest BCUT2D eigenvalue weighted by atomic mass is 16.2. The van der Waals surface area contributed by atoms with Crippen molar-refractivity contribution in [3.8, 4) is 0 Å². The molecule has 1 amide bonds. The quantitative estimate of drug-likeness (QED) is 0.569. The largest absolute Gasteiger partial charge is 0.343 e. The second kappa shape index (κ2) is 3.24. The number of carbonyl (C=O) groups excluding carboxylic acids is 1. The van der Waals surface area contributed by atoms with E-state index in [-0.39, 0.29) is 11.3 Å². The molecule has 0 aliphatic carbocycles. The molecule has 0 aromatic heterocycles. The van der Waals surface area contributed by atoms with Crippen LogP contribution in [0, 0.1) is 5.41 Å². The molecule has 0 bridgehead atoms. The first-order chi connectivity index (χ1) is 4.76. The van der Waals surface area contributed by atoms with Gasteiger partial charge in [-0.25, -0.2) is 0 Å². The van der Waals surface area contributed by atoms with Crippen molar-refractivity contribution in [2.45, 2.75) is 40.7 Å². The lowest BCUT2D eigenvalue weighted by Gasteiger charge is -2.28. The summed E-state index contributed by atoms with van der Waals surface area (Å²) < 4.78 is 0. The molecule has 0 radical (unpaired) electrons. The van der Waals surface area contributed by atoms with Gasteiger partial charge in [-0.1, -0.05) is 20.8 Å². The van der Waals surface area contributed by atoms with Gasteiger partial charge in [0.2, 0.25) is 5.91 Å². The molecule has 11 heavy (non-hydrogen) atoms. The van der Waals surface area contributed by atoms with E-state index < -0.39 is 0 Å². The third kappa shape index (κ3) is 2.91. The van der Waals surface area contributed by atoms with Gasteiger partial charge >= 0.3 is 0 Å². The van der Waals surface area contributed by atoms with Crippen LogP contribution in [0.4, 0.5) is 0 Å². The van der Waals surface area contributed by atoms with Crippen LogP contribution in [0.5, 0.6) is 0 Å². The lowest BCUT2D eigenvalue weighted by Crippen LogP contribution is -2.40. The SMILES string of the molecule is CC(C)N(C)C(=O)C(C)(C)C. The summed E-state index contributed by atoms with van der Waals surface area (Å²) in [6, 6.07) is 0.293. The van der Waals surface area contributed by atoms with Gasteiger partial charge in [0.15, 0.2) is 0 Å². The summed E-state index contributed by atoms with van der Waals surface area (Å²) in [4.78, 5) is 13.3. The smallest absolute Gasteiger partial charge is 0.227 e. The van der Waals surface area contributed by atoms with Crippen molar-refractivity contribution in [1.29, 1.82) is 0 Å². The van der Waals surface area contributed by atoms with Gasteiger partial charge < -0.3 is 4.90 Å². The maximum atomic E-state index is 11.5. The zero-order valence-corrected chi connectivity index (χ0v) is 8.43. The third-order valence-corrected chi connectivity index (χ3v) is 1.74. The second-order valence-electron chi connectivity index (χ2n) is 4.26. The van der Waals surface area contributed by atoms with Gasteiger partial charge in [0, 0.05) is 18.5 Å². The first-order valence-corrected chi connectivity index (χ1v) is 4.04. The first-order valence-electron chi connectivity index (χ1n) is 4.04. The monoisotopic (exact) mass is 157 g/mol. The minimum atomic E-state index is -0.251. The molecule has 0 atom stereocenters. The van der Waals surface area contributed by atoms with Gasteiger partial charge in [0.25, 0.3) is 0 Å². The van der Waals surface area contributed by atoms with Crippen molar-refractivity contribution in [2.75, 3.05) is 7.05 Å². The summed E-state index contributed by atoms with van der Waals surface area (Å²) in [7, 11) is 1.85. The molecular formula is C9H19NO. The molecule has 66 valence electrons. The van der Waals surface area contributed by atoms with E-state index in [2.05, 4.69) is 0 Å². The Bertz CT molecular complexity index is 144. The molecule has 0 saturated heterocycles. The Morgan fingerprint density at radius 2 is 1.64 bits per heavy atom. The van der Waals surface area contributed by atoms with E-state index in [4.69, 9.17) is 0 Å². The van der Waals surface area contributed by atoms with Crippen molar-refractivity contribution >= 4 is 5.91 Å². The summed E-state index contributed by atoms with van der Waals surface area (Å²) in [6.45, 7) is 9.85. The highest BCUT2D eigenvalue weighted by Crippen LogP contribution is 2.17. The molecule has 0 aliphatic rings. The number of amides is 1. The van der Waals surface area contributed by atoms with Gasteiger partial charge in [-0.3, -0.25) is 4.79 Å². The Morgan fingerprint density at radius 3 is 1.73 bits per heavy atom. The third-order valence-electron chi connectivity index (χ3n) is 1.74. The van der Waals surface area contributed by atoms with E-state index in [1.165, 1.54) is 0 Å². The number of rotatable bonds is 1. The normalized spacial score (nSPS) is 11.9. The maximum absolute atomic E-state index is 11.5. The van der Waals surface area contributed by atoms with Crippen LogP contribution in [0.25, 0.3) is 0 Å². The number of hydrogen-bond acceptors (Lipinski definition) is 1. The Hall–Kier alpha value is -0.530. The molecule has 0 N–H and O–H groups in total. The van der Waals surface area contributed by atoms with Crippen LogP contribution in [-0.2, 0) is 4.79 Å². The van der Waals surface area contributed by atoms with E-state index in [9.17, 15) is 4.79 Å². The molecule has 0 saturated carbocycles. The van der Waals surface area contributed by atoms with Gasteiger partial charge in [0.05, 0.1) is 0 Å². The van der Waals surface area contributed by atoms with Gasteiger partial charge in [-0.15, -0.1) is 0 Å². The average molecular weight is 157 g/mol. The zero-order chi connectivity index (χ0) is 9.23. The van der Waals surface area contributed by atoms with Crippen LogP contribution >= 0.6 is 0 Å². The summed E-state index contributed by atoms with van der Waals surface area (Å²) in [6.07, 6.45) is 0. The van der Waals surface area contributed by atoms with E-state index in [1.807, 2.05) is 41.7 Å². The van der Waals surface area contributed by atoms with Gasteiger partial charge in [0.1, 0.15) is 0 Å². The van der Waals surface area contributed by atoms with Crippen LogP contribution in [-0.4, -0.2) is 23.9 Å². The Kier molecular flexibility index (Phi) is 3.09. The fourth-order valence-electron chi connectivity index (χ4n) is 0.764. The highest BCUT2D eigenvalue weighted by molar-refractivity contribution is 5.81. The molecule has 0 rings (SSSR count).